The Morgan fingerprint density at radius 1 is 1.47 bits per heavy atom. The van der Waals surface area contributed by atoms with Crippen molar-refractivity contribution in [1.29, 1.82) is 0 Å². The van der Waals surface area contributed by atoms with E-state index in [0.29, 0.717) is 17.9 Å². The van der Waals surface area contributed by atoms with E-state index in [9.17, 15) is 0 Å². The SMILES string of the molecule is CCC(Oc1ccc(C)cc1OC)C(N)=NO. The summed E-state index contributed by atoms with van der Waals surface area (Å²) in [6, 6.07) is 5.59. The van der Waals surface area contributed by atoms with Gasteiger partial charge in [0.05, 0.1) is 7.11 Å². The number of ether oxygens (including phenoxy) is 2. The lowest BCUT2D eigenvalue weighted by molar-refractivity contribution is 0.236. The highest BCUT2D eigenvalue weighted by Gasteiger charge is 2.16. The zero-order valence-corrected chi connectivity index (χ0v) is 10.3. The average molecular weight is 238 g/mol. The number of hydrogen-bond donors (Lipinski definition) is 2. The molecule has 0 aliphatic carbocycles. The lowest BCUT2D eigenvalue weighted by atomic mass is 10.2. The summed E-state index contributed by atoms with van der Waals surface area (Å²) < 4.78 is 10.9. The van der Waals surface area contributed by atoms with Crippen molar-refractivity contribution in [3.8, 4) is 11.5 Å². The van der Waals surface area contributed by atoms with Crippen LogP contribution in [0.25, 0.3) is 0 Å². The molecule has 0 aliphatic heterocycles. The lowest BCUT2D eigenvalue weighted by Crippen LogP contribution is -2.33. The van der Waals surface area contributed by atoms with Crippen molar-refractivity contribution in [3.63, 3.8) is 0 Å². The first-order valence-corrected chi connectivity index (χ1v) is 5.41. The van der Waals surface area contributed by atoms with Crippen LogP contribution in [-0.4, -0.2) is 24.3 Å². The van der Waals surface area contributed by atoms with Crippen LogP contribution in [0.5, 0.6) is 11.5 Å². The van der Waals surface area contributed by atoms with Crippen LogP contribution in [0.15, 0.2) is 23.4 Å². The van der Waals surface area contributed by atoms with Crippen molar-refractivity contribution in [2.75, 3.05) is 7.11 Å². The van der Waals surface area contributed by atoms with Crippen LogP contribution in [-0.2, 0) is 0 Å². The summed E-state index contributed by atoms with van der Waals surface area (Å²) in [6.45, 7) is 3.86. The Hall–Kier alpha value is -1.91. The van der Waals surface area contributed by atoms with Gasteiger partial charge < -0.3 is 20.4 Å². The zero-order chi connectivity index (χ0) is 12.8. The monoisotopic (exact) mass is 238 g/mol. The molecule has 0 fully saturated rings. The zero-order valence-electron chi connectivity index (χ0n) is 10.3. The maximum atomic E-state index is 8.64. The van der Waals surface area contributed by atoms with Gasteiger partial charge in [0.15, 0.2) is 23.4 Å². The third kappa shape index (κ3) is 3.27. The molecule has 1 aromatic rings. The first-order valence-electron chi connectivity index (χ1n) is 5.41. The second-order valence-corrected chi connectivity index (χ2v) is 3.69. The number of hydrogen-bond acceptors (Lipinski definition) is 4. The molecule has 1 unspecified atom stereocenters. The Morgan fingerprint density at radius 2 is 2.18 bits per heavy atom. The highest BCUT2D eigenvalue weighted by molar-refractivity contribution is 5.84. The van der Waals surface area contributed by atoms with Crippen molar-refractivity contribution in [3.05, 3.63) is 23.8 Å². The molecule has 0 spiro atoms. The molecule has 0 heterocycles. The molecular weight excluding hydrogens is 220 g/mol. The fraction of sp³-hybridized carbons (Fsp3) is 0.417. The molecule has 0 aliphatic rings. The molecular formula is C12H18N2O3. The molecule has 5 heteroatoms. The first-order chi connectivity index (χ1) is 8.12. The summed E-state index contributed by atoms with van der Waals surface area (Å²) in [6.07, 6.45) is 0.143. The predicted molar refractivity (Wildman–Crippen MR) is 65.8 cm³/mol. The molecule has 17 heavy (non-hydrogen) atoms. The first kappa shape index (κ1) is 13.2. The number of nitrogens with two attached hydrogens (primary N) is 1. The van der Waals surface area contributed by atoms with Crippen LogP contribution in [0.1, 0.15) is 18.9 Å². The van der Waals surface area contributed by atoms with Gasteiger partial charge in [0.1, 0.15) is 0 Å². The van der Waals surface area contributed by atoms with Crippen LogP contribution >= 0.6 is 0 Å². The van der Waals surface area contributed by atoms with Gasteiger partial charge in [-0.2, -0.15) is 0 Å². The molecule has 0 saturated carbocycles. The van der Waals surface area contributed by atoms with Gasteiger partial charge in [-0.05, 0) is 31.0 Å². The number of oxime groups is 1. The Morgan fingerprint density at radius 3 is 2.71 bits per heavy atom. The summed E-state index contributed by atoms with van der Waals surface area (Å²) >= 11 is 0. The minimum Gasteiger partial charge on any atom is -0.493 e. The molecule has 1 atom stereocenters. The minimum atomic E-state index is -0.461. The van der Waals surface area contributed by atoms with Gasteiger partial charge in [0.2, 0.25) is 0 Å². The standard InChI is InChI=1S/C12H18N2O3/c1-4-9(12(13)14-15)17-10-6-5-8(2)7-11(10)16-3/h5-7,9,15H,4H2,1-3H3,(H2,13,14). The van der Waals surface area contributed by atoms with Gasteiger partial charge in [0, 0.05) is 0 Å². The highest BCUT2D eigenvalue weighted by atomic mass is 16.5. The fourth-order valence-corrected chi connectivity index (χ4v) is 1.44. The number of rotatable bonds is 5. The van der Waals surface area contributed by atoms with Crippen LogP contribution in [0.2, 0.25) is 0 Å². The molecule has 0 bridgehead atoms. The molecule has 5 nitrogen and oxygen atoms in total. The van der Waals surface area contributed by atoms with Crippen LogP contribution < -0.4 is 15.2 Å². The number of aryl methyl sites for hydroxylation is 1. The smallest absolute Gasteiger partial charge is 0.180 e. The van der Waals surface area contributed by atoms with Crippen molar-refractivity contribution in [1.82, 2.24) is 0 Å². The fourth-order valence-electron chi connectivity index (χ4n) is 1.44. The Bertz CT molecular complexity index is 405. The van der Waals surface area contributed by atoms with Crippen molar-refractivity contribution in [2.24, 2.45) is 10.9 Å². The normalized spacial score (nSPS) is 13.2. The van der Waals surface area contributed by atoms with Crippen molar-refractivity contribution in [2.45, 2.75) is 26.4 Å². The second kappa shape index (κ2) is 5.98. The maximum Gasteiger partial charge on any atom is 0.180 e. The summed E-state index contributed by atoms with van der Waals surface area (Å²) in [5.74, 6) is 1.26. The van der Waals surface area contributed by atoms with Gasteiger partial charge >= 0.3 is 0 Å². The molecule has 1 rings (SSSR count). The van der Waals surface area contributed by atoms with E-state index in [1.807, 2.05) is 32.0 Å². The molecule has 0 radical (unpaired) electrons. The van der Waals surface area contributed by atoms with Crippen LogP contribution in [0, 0.1) is 6.92 Å². The summed E-state index contributed by atoms with van der Waals surface area (Å²) in [4.78, 5) is 0. The number of methoxy groups -OCH3 is 1. The van der Waals surface area contributed by atoms with Crippen molar-refractivity contribution < 1.29 is 14.7 Å². The average Bonchev–Trinajstić information content (AvgIpc) is 2.36. The molecule has 0 amide bonds. The van der Waals surface area contributed by atoms with Gasteiger partial charge in [0.25, 0.3) is 0 Å². The quantitative estimate of drug-likeness (QED) is 0.355. The highest BCUT2D eigenvalue weighted by Crippen LogP contribution is 2.29. The van der Waals surface area contributed by atoms with E-state index in [1.54, 1.807) is 7.11 Å². The van der Waals surface area contributed by atoms with E-state index in [-0.39, 0.29) is 5.84 Å². The van der Waals surface area contributed by atoms with Gasteiger partial charge in [-0.3, -0.25) is 0 Å². The van der Waals surface area contributed by atoms with Gasteiger partial charge in [-0.25, -0.2) is 0 Å². The summed E-state index contributed by atoms with van der Waals surface area (Å²) in [5, 5.41) is 11.6. The minimum absolute atomic E-state index is 0.0510. The van der Waals surface area contributed by atoms with E-state index in [2.05, 4.69) is 5.16 Å². The summed E-state index contributed by atoms with van der Waals surface area (Å²) in [7, 11) is 1.58. The Kier molecular flexibility index (Phi) is 4.63. The van der Waals surface area contributed by atoms with Crippen LogP contribution in [0.3, 0.4) is 0 Å². The third-order valence-corrected chi connectivity index (χ3v) is 2.40. The van der Waals surface area contributed by atoms with E-state index < -0.39 is 6.10 Å². The van der Waals surface area contributed by atoms with Crippen molar-refractivity contribution >= 4 is 5.84 Å². The lowest BCUT2D eigenvalue weighted by Gasteiger charge is -2.18. The van der Waals surface area contributed by atoms with E-state index in [1.165, 1.54) is 0 Å². The van der Waals surface area contributed by atoms with E-state index >= 15 is 0 Å². The molecule has 1 aromatic carbocycles. The molecule has 0 saturated heterocycles. The Labute approximate surface area is 101 Å². The van der Waals surface area contributed by atoms with Gasteiger partial charge in [-0.15, -0.1) is 0 Å². The number of nitrogens with zero attached hydrogens (tertiary/aromatic N) is 1. The van der Waals surface area contributed by atoms with Gasteiger partial charge in [-0.1, -0.05) is 18.1 Å². The van der Waals surface area contributed by atoms with E-state index in [0.717, 1.165) is 5.56 Å². The second-order valence-electron chi connectivity index (χ2n) is 3.69. The molecule has 0 aromatic heterocycles. The third-order valence-electron chi connectivity index (χ3n) is 2.40. The molecule has 94 valence electrons. The topological polar surface area (TPSA) is 77.1 Å². The number of benzene rings is 1. The largest absolute Gasteiger partial charge is 0.493 e. The maximum absolute atomic E-state index is 8.64. The number of amidine groups is 1. The predicted octanol–water partition coefficient (Wildman–Crippen LogP) is 1.91. The van der Waals surface area contributed by atoms with E-state index in [4.69, 9.17) is 20.4 Å². The summed E-state index contributed by atoms with van der Waals surface area (Å²) in [5.41, 5.74) is 6.61. The molecule has 3 N–H and O–H groups in total. The Balaban J connectivity index is 2.93. The van der Waals surface area contributed by atoms with Crippen LogP contribution in [0.4, 0.5) is 0 Å².